The maximum atomic E-state index is 12.7. The van der Waals surface area contributed by atoms with Gasteiger partial charge >= 0.3 is 11.9 Å². The fourth-order valence-electron chi connectivity index (χ4n) is 3.29. The third-order valence-corrected chi connectivity index (χ3v) is 7.59. The normalized spacial score (nSPS) is 14.3. The highest BCUT2D eigenvalue weighted by atomic mass is 35.5. The van der Waals surface area contributed by atoms with E-state index in [1.54, 1.807) is 12.1 Å². The molecule has 194 valence electrons. The molecule has 1 fully saturated rings. The second kappa shape index (κ2) is 13.5. The molecule has 1 saturated heterocycles. The number of nitrogens with zero attached hydrogens (tertiary/aromatic N) is 3. The molecule has 2 aromatic rings. The van der Waals surface area contributed by atoms with Crippen molar-refractivity contribution in [2.45, 2.75) is 51.2 Å². The average Bonchev–Trinajstić information content (AvgIpc) is 3.11. The van der Waals surface area contributed by atoms with Crippen LogP contribution in [0.2, 0.25) is 5.15 Å². The number of carboxylic acid groups (broad SMARTS) is 2. The number of morpholine rings is 1. The van der Waals surface area contributed by atoms with Crippen molar-refractivity contribution >= 4 is 33.6 Å². The molecule has 0 amide bonds. The van der Waals surface area contributed by atoms with E-state index >= 15 is 0 Å². The SMILES string of the molecule is CCCCn1nc(C)c(CNCc2ccc(S(=O)(=O)N3CCOCC3)cc2)c1Cl.O=C(O)C(=O)O. The lowest BCUT2D eigenvalue weighted by Gasteiger charge is -2.26. The van der Waals surface area contributed by atoms with Gasteiger partial charge in [-0.2, -0.15) is 9.40 Å². The van der Waals surface area contributed by atoms with E-state index in [-0.39, 0.29) is 0 Å². The molecule has 3 rings (SSSR count). The van der Waals surface area contributed by atoms with Crippen molar-refractivity contribution in [2.24, 2.45) is 0 Å². The highest BCUT2D eigenvalue weighted by molar-refractivity contribution is 7.89. The Morgan fingerprint density at radius 3 is 2.26 bits per heavy atom. The largest absolute Gasteiger partial charge is 0.473 e. The van der Waals surface area contributed by atoms with E-state index in [0.29, 0.717) is 49.4 Å². The van der Waals surface area contributed by atoms with Crippen LogP contribution in [0.25, 0.3) is 0 Å². The van der Waals surface area contributed by atoms with Gasteiger partial charge in [-0.05, 0) is 31.0 Å². The predicted octanol–water partition coefficient (Wildman–Crippen LogP) is 2.11. The zero-order chi connectivity index (χ0) is 26.0. The van der Waals surface area contributed by atoms with Crippen LogP contribution in [0, 0.1) is 6.92 Å². The average molecular weight is 531 g/mol. The fourth-order valence-corrected chi connectivity index (χ4v) is 5.03. The summed E-state index contributed by atoms with van der Waals surface area (Å²) in [6, 6.07) is 7.03. The molecule has 0 bridgehead atoms. The molecular weight excluding hydrogens is 500 g/mol. The molecule has 1 aromatic heterocycles. The Morgan fingerprint density at radius 1 is 1.11 bits per heavy atom. The van der Waals surface area contributed by atoms with Gasteiger partial charge in [-0.3, -0.25) is 4.68 Å². The van der Waals surface area contributed by atoms with E-state index in [4.69, 9.17) is 36.1 Å². The number of benzene rings is 1. The van der Waals surface area contributed by atoms with Crippen LogP contribution < -0.4 is 5.32 Å². The molecule has 3 N–H and O–H groups in total. The smallest absolute Gasteiger partial charge is 0.414 e. The van der Waals surface area contributed by atoms with E-state index in [1.807, 2.05) is 23.7 Å². The van der Waals surface area contributed by atoms with Gasteiger partial charge in [0.15, 0.2) is 0 Å². The van der Waals surface area contributed by atoms with E-state index in [0.717, 1.165) is 36.2 Å². The number of carboxylic acids is 2. The second-order valence-electron chi connectivity index (χ2n) is 7.81. The van der Waals surface area contributed by atoms with Gasteiger partial charge < -0.3 is 20.3 Å². The highest BCUT2D eigenvalue weighted by Crippen LogP contribution is 2.21. The lowest BCUT2D eigenvalue weighted by Crippen LogP contribution is -2.40. The molecule has 35 heavy (non-hydrogen) atoms. The number of aliphatic carboxylic acids is 2. The molecule has 1 aliphatic rings. The zero-order valence-corrected chi connectivity index (χ0v) is 21.3. The molecule has 0 saturated carbocycles. The van der Waals surface area contributed by atoms with Gasteiger partial charge in [-0.25, -0.2) is 18.0 Å². The van der Waals surface area contributed by atoms with Gasteiger partial charge in [0.2, 0.25) is 10.0 Å². The molecule has 0 radical (unpaired) electrons. The summed E-state index contributed by atoms with van der Waals surface area (Å²) >= 11 is 6.47. The molecule has 2 heterocycles. The first-order valence-electron chi connectivity index (χ1n) is 11.1. The maximum Gasteiger partial charge on any atom is 0.414 e. The second-order valence-corrected chi connectivity index (χ2v) is 10.1. The summed E-state index contributed by atoms with van der Waals surface area (Å²) in [6.45, 7) is 7.86. The third-order valence-electron chi connectivity index (χ3n) is 5.25. The van der Waals surface area contributed by atoms with Crippen molar-refractivity contribution in [3.05, 3.63) is 46.2 Å². The molecule has 1 aromatic carbocycles. The van der Waals surface area contributed by atoms with Crippen LogP contribution in [0.3, 0.4) is 0 Å². The maximum absolute atomic E-state index is 12.7. The first-order valence-corrected chi connectivity index (χ1v) is 12.9. The lowest BCUT2D eigenvalue weighted by molar-refractivity contribution is -0.159. The van der Waals surface area contributed by atoms with Gasteiger partial charge in [0.05, 0.1) is 23.8 Å². The minimum Gasteiger partial charge on any atom is -0.473 e. The first-order chi connectivity index (χ1) is 16.6. The summed E-state index contributed by atoms with van der Waals surface area (Å²) in [4.78, 5) is 18.5. The van der Waals surface area contributed by atoms with E-state index < -0.39 is 22.0 Å². The minimum atomic E-state index is -3.45. The number of aryl methyl sites for hydroxylation is 2. The summed E-state index contributed by atoms with van der Waals surface area (Å²) in [5.74, 6) is -3.65. The molecule has 1 aliphatic heterocycles. The number of aromatic nitrogens is 2. The molecule has 0 atom stereocenters. The Balaban J connectivity index is 0.000000641. The Kier molecular flexibility index (Phi) is 11.1. The van der Waals surface area contributed by atoms with Gasteiger partial charge in [-0.15, -0.1) is 0 Å². The number of nitrogens with one attached hydrogen (secondary N) is 1. The Morgan fingerprint density at radius 2 is 1.71 bits per heavy atom. The molecule has 0 aliphatic carbocycles. The number of rotatable bonds is 9. The van der Waals surface area contributed by atoms with Gasteiger partial charge in [0.1, 0.15) is 5.15 Å². The summed E-state index contributed by atoms with van der Waals surface area (Å²) in [5, 5.41) is 23.4. The van der Waals surface area contributed by atoms with E-state index in [2.05, 4.69) is 17.3 Å². The van der Waals surface area contributed by atoms with Gasteiger partial charge in [0, 0.05) is 38.3 Å². The molecule has 0 spiro atoms. The van der Waals surface area contributed by atoms with Crippen LogP contribution in [0.5, 0.6) is 0 Å². The Bertz CT molecular complexity index is 1090. The van der Waals surface area contributed by atoms with Crippen molar-refractivity contribution in [3.8, 4) is 0 Å². The summed E-state index contributed by atoms with van der Waals surface area (Å²) < 4.78 is 33.9. The molecule has 0 unspecified atom stereocenters. The standard InChI is InChI=1S/C20H29ClN4O3S.C2H2O4/c1-3-4-9-25-20(21)19(16(2)23-25)15-22-14-17-5-7-18(8-6-17)29(26,27)24-10-12-28-13-11-24;3-1(4)2(5)6/h5-8,22H,3-4,9-15H2,1-2H3;(H,3,4)(H,5,6). The summed E-state index contributed by atoms with van der Waals surface area (Å²) in [7, 11) is -3.45. The van der Waals surface area contributed by atoms with Crippen LogP contribution >= 0.6 is 11.6 Å². The topological polar surface area (TPSA) is 151 Å². The van der Waals surface area contributed by atoms with Crippen LogP contribution in [0.1, 0.15) is 36.6 Å². The Hall–Kier alpha value is -2.51. The summed E-state index contributed by atoms with van der Waals surface area (Å²) in [5.41, 5.74) is 2.96. The van der Waals surface area contributed by atoms with Crippen LogP contribution in [-0.4, -0.2) is 71.0 Å². The number of hydrogen-bond donors (Lipinski definition) is 3. The summed E-state index contributed by atoms with van der Waals surface area (Å²) in [6.07, 6.45) is 2.15. The van der Waals surface area contributed by atoms with Crippen LogP contribution in [0.4, 0.5) is 0 Å². The van der Waals surface area contributed by atoms with E-state index in [9.17, 15) is 8.42 Å². The number of hydrogen-bond acceptors (Lipinski definition) is 7. The number of sulfonamides is 1. The highest BCUT2D eigenvalue weighted by Gasteiger charge is 2.26. The first kappa shape index (κ1) is 28.7. The number of unbranched alkanes of at least 4 members (excludes halogenated alkanes) is 1. The third kappa shape index (κ3) is 8.29. The minimum absolute atomic E-state index is 0.319. The Labute approximate surface area is 209 Å². The number of carbonyl (C=O) groups is 2. The zero-order valence-electron chi connectivity index (χ0n) is 19.7. The van der Waals surface area contributed by atoms with Crippen molar-refractivity contribution in [1.82, 2.24) is 19.4 Å². The van der Waals surface area contributed by atoms with Crippen molar-refractivity contribution in [3.63, 3.8) is 0 Å². The number of halogens is 1. The van der Waals surface area contributed by atoms with Gasteiger partial charge in [-0.1, -0.05) is 37.1 Å². The van der Waals surface area contributed by atoms with Crippen LogP contribution in [-0.2, 0) is 44.0 Å². The van der Waals surface area contributed by atoms with Crippen LogP contribution in [0.15, 0.2) is 29.2 Å². The fraction of sp³-hybridized carbons (Fsp3) is 0.500. The monoisotopic (exact) mass is 530 g/mol. The lowest BCUT2D eigenvalue weighted by atomic mass is 10.2. The number of ether oxygens (including phenoxy) is 1. The van der Waals surface area contributed by atoms with Gasteiger partial charge in [0.25, 0.3) is 0 Å². The molecule has 11 nitrogen and oxygen atoms in total. The molecule has 13 heteroatoms. The van der Waals surface area contributed by atoms with Crippen molar-refractivity contribution < 1.29 is 33.0 Å². The molecular formula is C22H31ClN4O7S. The predicted molar refractivity (Wildman–Crippen MR) is 129 cm³/mol. The van der Waals surface area contributed by atoms with E-state index in [1.165, 1.54) is 4.31 Å². The van der Waals surface area contributed by atoms with Crippen molar-refractivity contribution in [2.75, 3.05) is 26.3 Å². The van der Waals surface area contributed by atoms with Crippen molar-refractivity contribution in [1.29, 1.82) is 0 Å². The quantitative estimate of drug-likeness (QED) is 0.414.